The van der Waals surface area contributed by atoms with Gasteiger partial charge in [-0.05, 0) is 67.2 Å². The van der Waals surface area contributed by atoms with E-state index in [0.29, 0.717) is 0 Å². The van der Waals surface area contributed by atoms with Crippen LogP contribution in [0, 0.1) is 5.41 Å². The Morgan fingerprint density at radius 3 is 2.14 bits per heavy atom. The highest BCUT2D eigenvalue weighted by molar-refractivity contribution is 7.34. The number of nitrogens with zero attached hydrogens (tertiary/aromatic N) is 1. The van der Waals surface area contributed by atoms with Gasteiger partial charge in [0.25, 0.3) is 0 Å². The van der Waals surface area contributed by atoms with Crippen molar-refractivity contribution in [3.63, 3.8) is 0 Å². The zero-order chi connectivity index (χ0) is 26.6. The number of benzene rings is 3. The van der Waals surface area contributed by atoms with Crippen molar-refractivity contribution >= 4 is 50.0 Å². The van der Waals surface area contributed by atoms with Gasteiger partial charge in [0.15, 0.2) is 0 Å². The van der Waals surface area contributed by atoms with Crippen LogP contribution in [0.15, 0.2) is 79.0 Å². The van der Waals surface area contributed by atoms with Gasteiger partial charge >= 0.3 is 0 Å². The maximum Gasteiger partial charge on any atom is 0.125 e. The molecule has 2 heterocycles. The molecular weight excluding hydrogens is 483 g/mol. The standard InChI is InChI=1S/C34H39NSSi/c1-33(2,3)22-28-27-18-19-35-30(31(27)36-32(28)37(7,8)25-15-10-9-11-16-25)24-20-23-14-12-13-17-26(23)29(21-24)34(4,5)6/h9-21H,22H2,1-8H3. The SMILES string of the molecule is CC(C)(C)Cc1c([Si](C)(C)c2ccccc2)sc2c(-c3cc(C(C)(C)C)c4ccccc4c3)nccc12. The fraction of sp³-hybridized carbons (Fsp3) is 0.324. The first-order valence-corrected chi connectivity index (χ1v) is 17.2. The molecule has 0 radical (unpaired) electrons. The summed E-state index contributed by atoms with van der Waals surface area (Å²) in [4.78, 5) is 5.04. The molecule has 0 spiro atoms. The zero-order valence-corrected chi connectivity index (χ0v) is 25.4. The highest BCUT2D eigenvalue weighted by Gasteiger charge is 2.33. The van der Waals surface area contributed by atoms with E-state index < -0.39 is 8.07 Å². The average molecular weight is 522 g/mol. The summed E-state index contributed by atoms with van der Waals surface area (Å²) in [5, 5.41) is 5.51. The van der Waals surface area contributed by atoms with Crippen LogP contribution in [0.2, 0.25) is 13.1 Å². The van der Waals surface area contributed by atoms with E-state index >= 15 is 0 Å². The minimum atomic E-state index is -1.90. The van der Waals surface area contributed by atoms with Gasteiger partial charge in [-0.25, -0.2) is 0 Å². The first kappa shape index (κ1) is 25.9. The molecule has 0 atom stereocenters. The minimum absolute atomic E-state index is 0.0454. The third kappa shape index (κ3) is 4.92. The normalized spacial score (nSPS) is 13.0. The summed E-state index contributed by atoms with van der Waals surface area (Å²) < 4.78 is 2.93. The predicted octanol–water partition coefficient (Wildman–Crippen LogP) is 8.83. The molecule has 37 heavy (non-hydrogen) atoms. The first-order chi connectivity index (χ1) is 17.4. The molecule has 3 aromatic carbocycles. The van der Waals surface area contributed by atoms with Crippen LogP contribution in [0.5, 0.6) is 0 Å². The molecule has 2 aromatic heterocycles. The van der Waals surface area contributed by atoms with Crippen molar-refractivity contribution in [1.29, 1.82) is 0 Å². The Morgan fingerprint density at radius 1 is 0.784 bits per heavy atom. The number of pyridine rings is 1. The van der Waals surface area contributed by atoms with Crippen molar-refractivity contribution in [2.24, 2.45) is 5.41 Å². The van der Waals surface area contributed by atoms with Crippen molar-refractivity contribution < 1.29 is 0 Å². The molecule has 0 bridgehead atoms. The van der Waals surface area contributed by atoms with Crippen molar-refractivity contribution in [2.45, 2.75) is 66.5 Å². The van der Waals surface area contributed by atoms with Crippen LogP contribution in [-0.4, -0.2) is 13.1 Å². The lowest BCUT2D eigenvalue weighted by Gasteiger charge is -2.26. The monoisotopic (exact) mass is 521 g/mol. The Labute approximate surface area is 227 Å². The number of hydrogen-bond acceptors (Lipinski definition) is 2. The summed E-state index contributed by atoms with van der Waals surface area (Å²) in [6.45, 7) is 19.0. The van der Waals surface area contributed by atoms with Crippen LogP contribution in [0.1, 0.15) is 52.7 Å². The molecule has 0 aliphatic heterocycles. The Balaban J connectivity index is 1.81. The lowest BCUT2D eigenvalue weighted by atomic mass is 9.82. The summed E-state index contributed by atoms with van der Waals surface area (Å²) in [7, 11) is -1.90. The van der Waals surface area contributed by atoms with Gasteiger partial charge in [0.05, 0.1) is 10.4 Å². The molecule has 3 heteroatoms. The molecule has 190 valence electrons. The third-order valence-electron chi connectivity index (χ3n) is 7.42. The minimum Gasteiger partial charge on any atom is -0.255 e. The molecule has 0 amide bonds. The number of rotatable bonds is 4. The highest BCUT2D eigenvalue weighted by atomic mass is 32.1. The van der Waals surface area contributed by atoms with Gasteiger partial charge in [-0.3, -0.25) is 4.98 Å². The molecule has 0 fully saturated rings. The molecular formula is C34H39NSSi. The number of hydrogen-bond donors (Lipinski definition) is 0. The Morgan fingerprint density at radius 2 is 1.46 bits per heavy atom. The van der Waals surface area contributed by atoms with E-state index in [0.717, 1.165) is 12.1 Å². The third-order valence-corrected chi connectivity index (χ3v) is 13.5. The van der Waals surface area contributed by atoms with E-state index in [1.54, 1.807) is 4.50 Å². The topological polar surface area (TPSA) is 12.9 Å². The van der Waals surface area contributed by atoms with Gasteiger partial charge in [-0.1, -0.05) is 114 Å². The van der Waals surface area contributed by atoms with E-state index in [1.807, 2.05) is 17.5 Å². The molecule has 5 aromatic rings. The molecule has 5 rings (SSSR count). The van der Waals surface area contributed by atoms with Gasteiger partial charge in [-0.15, -0.1) is 11.3 Å². The molecule has 0 aliphatic rings. The van der Waals surface area contributed by atoms with E-state index in [2.05, 4.69) is 127 Å². The second-order valence-corrected chi connectivity index (χ2v) is 18.9. The smallest absolute Gasteiger partial charge is 0.125 e. The van der Waals surface area contributed by atoms with Crippen LogP contribution >= 0.6 is 11.3 Å². The molecule has 0 saturated heterocycles. The fourth-order valence-electron chi connectivity index (χ4n) is 5.55. The zero-order valence-electron chi connectivity index (χ0n) is 23.6. The quantitative estimate of drug-likeness (QED) is 0.215. The predicted molar refractivity (Wildman–Crippen MR) is 168 cm³/mol. The summed E-state index contributed by atoms with van der Waals surface area (Å²) in [6.07, 6.45) is 3.10. The number of aromatic nitrogens is 1. The van der Waals surface area contributed by atoms with Crippen molar-refractivity contribution in [3.8, 4) is 11.3 Å². The van der Waals surface area contributed by atoms with Crippen LogP contribution < -0.4 is 9.69 Å². The van der Waals surface area contributed by atoms with Gasteiger partial charge in [0.2, 0.25) is 0 Å². The lowest BCUT2D eigenvalue weighted by molar-refractivity contribution is 0.414. The summed E-state index contributed by atoms with van der Waals surface area (Å²) >= 11 is 2.01. The molecule has 0 aliphatic carbocycles. The highest BCUT2D eigenvalue weighted by Crippen LogP contribution is 2.40. The molecule has 0 saturated carbocycles. The molecule has 1 nitrogen and oxygen atoms in total. The molecule has 0 N–H and O–H groups in total. The molecule has 0 unspecified atom stereocenters. The van der Waals surface area contributed by atoms with Gasteiger partial charge < -0.3 is 0 Å². The van der Waals surface area contributed by atoms with Crippen molar-refractivity contribution in [1.82, 2.24) is 4.98 Å². The Hall–Kier alpha value is -2.75. The maximum atomic E-state index is 5.04. The lowest BCUT2D eigenvalue weighted by Crippen LogP contribution is -2.53. The second kappa shape index (κ2) is 9.22. The first-order valence-electron chi connectivity index (χ1n) is 13.4. The summed E-state index contributed by atoms with van der Waals surface area (Å²) in [5.74, 6) is 0. The van der Waals surface area contributed by atoms with Crippen LogP contribution in [-0.2, 0) is 11.8 Å². The number of fused-ring (bicyclic) bond motifs is 2. The average Bonchev–Trinajstić information content (AvgIpc) is 3.21. The Kier molecular flexibility index (Phi) is 6.45. The Bertz CT molecular complexity index is 1580. The summed E-state index contributed by atoms with van der Waals surface area (Å²) in [5.41, 5.74) is 5.51. The van der Waals surface area contributed by atoms with Gasteiger partial charge in [0, 0.05) is 11.8 Å². The van der Waals surface area contributed by atoms with E-state index in [9.17, 15) is 0 Å². The van der Waals surface area contributed by atoms with Crippen molar-refractivity contribution in [3.05, 3.63) is 90.1 Å². The van der Waals surface area contributed by atoms with Crippen LogP contribution in [0.3, 0.4) is 0 Å². The van der Waals surface area contributed by atoms with E-state index in [4.69, 9.17) is 4.98 Å². The maximum absolute atomic E-state index is 5.04. The number of thiophene rings is 1. The van der Waals surface area contributed by atoms with Crippen LogP contribution in [0.4, 0.5) is 0 Å². The summed E-state index contributed by atoms with van der Waals surface area (Å²) in [6, 6.07) is 27.0. The fourth-order valence-corrected chi connectivity index (χ4v) is 10.6. The van der Waals surface area contributed by atoms with Gasteiger partial charge in [-0.2, -0.15) is 0 Å². The van der Waals surface area contributed by atoms with E-state index in [1.165, 1.54) is 42.7 Å². The van der Waals surface area contributed by atoms with Gasteiger partial charge in [0.1, 0.15) is 8.07 Å². The largest absolute Gasteiger partial charge is 0.255 e. The van der Waals surface area contributed by atoms with E-state index in [-0.39, 0.29) is 10.8 Å². The van der Waals surface area contributed by atoms with Crippen molar-refractivity contribution in [2.75, 3.05) is 0 Å². The second-order valence-electron chi connectivity index (χ2n) is 13.2. The van der Waals surface area contributed by atoms with Crippen LogP contribution in [0.25, 0.3) is 32.1 Å².